The molecule has 1 N–H and O–H groups in total. The van der Waals surface area contributed by atoms with Crippen LogP contribution in [0.2, 0.25) is 0 Å². The van der Waals surface area contributed by atoms with E-state index in [1.165, 1.54) is 52.6 Å². The molecule has 236 valence electrons. The molecule has 1 aromatic heterocycles. The first-order valence-electron chi connectivity index (χ1n) is 14.4. The molecule has 2 atom stereocenters. The fraction of sp³-hybridized carbons (Fsp3) is 0.312. The molecule has 0 saturated carbocycles. The van der Waals surface area contributed by atoms with Crippen LogP contribution in [0.25, 0.3) is 17.1 Å². The van der Waals surface area contributed by atoms with Gasteiger partial charge in [0, 0.05) is 23.5 Å². The molecule has 1 aliphatic heterocycles. The van der Waals surface area contributed by atoms with Crippen LogP contribution in [0.5, 0.6) is 5.75 Å². The Bertz CT molecular complexity index is 1660. The number of carbonyl (C=O) groups excluding carboxylic acids is 1. The lowest BCUT2D eigenvalue weighted by molar-refractivity contribution is -0.274. The Kier molecular flexibility index (Phi) is 9.76. The number of urea groups is 1. The molecule has 1 fully saturated rings. The Morgan fingerprint density at radius 1 is 1.11 bits per heavy atom. The SMILES string of the molecule is CCCc1ccc(C)cc1N1CCS/C1=N\C(=O)NC(C)C(F)c1ccc(-c2ncn(-c3ccc(OC(F)(F)F)cc3)n2)cc1. The summed E-state index contributed by atoms with van der Waals surface area (Å²) >= 11 is 1.50. The maximum atomic E-state index is 15.4. The van der Waals surface area contributed by atoms with Crippen molar-refractivity contribution in [3.63, 3.8) is 0 Å². The predicted molar refractivity (Wildman–Crippen MR) is 168 cm³/mol. The average molecular weight is 641 g/mol. The Labute approximate surface area is 262 Å². The van der Waals surface area contributed by atoms with Crippen LogP contribution in [-0.4, -0.2) is 50.7 Å². The van der Waals surface area contributed by atoms with Crippen molar-refractivity contribution >= 4 is 28.6 Å². The van der Waals surface area contributed by atoms with Gasteiger partial charge in [0.25, 0.3) is 0 Å². The van der Waals surface area contributed by atoms with Gasteiger partial charge in [0.2, 0.25) is 0 Å². The zero-order chi connectivity index (χ0) is 32.1. The number of ether oxygens (including phenoxy) is 1. The number of hydrogen-bond donors (Lipinski definition) is 1. The number of carbonyl (C=O) groups is 1. The van der Waals surface area contributed by atoms with Crippen LogP contribution in [0, 0.1) is 6.92 Å². The van der Waals surface area contributed by atoms with Crippen molar-refractivity contribution < 1.29 is 27.1 Å². The largest absolute Gasteiger partial charge is 0.573 e. The number of alkyl halides is 4. The number of aromatic nitrogens is 3. The van der Waals surface area contributed by atoms with Crippen LogP contribution >= 0.6 is 11.8 Å². The third kappa shape index (κ3) is 8.01. The first-order chi connectivity index (χ1) is 21.5. The predicted octanol–water partition coefficient (Wildman–Crippen LogP) is 7.81. The van der Waals surface area contributed by atoms with E-state index in [9.17, 15) is 18.0 Å². The van der Waals surface area contributed by atoms with Gasteiger partial charge in [0.15, 0.2) is 11.0 Å². The van der Waals surface area contributed by atoms with E-state index < -0.39 is 24.6 Å². The number of thioether (sulfide) groups is 1. The zero-order valence-electron chi connectivity index (χ0n) is 24.9. The van der Waals surface area contributed by atoms with Crippen molar-refractivity contribution in [3.8, 4) is 22.8 Å². The van der Waals surface area contributed by atoms with Gasteiger partial charge in [-0.2, -0.15) is 4.99 Å². The number of rotatable bonds is 9. The topological polar surface area (TPSA) is 84.6 Å². The maximum absolute atomic E-state index is 15.4. The number of nitrogens with one attached hydrogen (secondary N) is 1. The molecule has 2 unspecified atom stereocenters. The highest BCUT2D eigenvalue weighted by atomic mass is 32.2. The number of amidine groups is 1. The van der Waals surface area contributed by atoms with Gasteiger partial charge in [-0.25, -0.2) is 18.9 Å². The molecule has 2 amide bonds. The van der Waals surface area contributed by atoms with Gasteiger partial charge in [-0.1, -0.05) is 61.5 Å². The van der Waals surface area contributed by atoms with Gasteiger partial charge in [0.1, 0.15) is 18.2 Å². The lowest BCUT2D eigenvalue weighted by Gasteiger charge is -2.22. The second-order valence-electron chi connectivity index (χ2n) is 10.6. The van der Waals surface area contributed by atoms with Crippen LogP contribution < -0.4 is 15.0 Å². The van der Waals surface area contributed by atoms with E-state index in [1.54, 1.807) is 31.2 Å². The quantitative estimate of drug-likeness (QED) is 0.188. The highest BCUT2D eigenvalue weighted by Gasteiger charge is 2.31. The van der Waals surface area contributed by atoms with E-state index in [-0.39, 0.29) is 5.75 Å². The monoisotopic (exact) mass is 640 g/mol. The van der Waals surface area contributed by atoms with Gasteiger partial charge >= 0.3 is 12.4 Å². The minimum Gasteiger partial charge on any atom is -0.406 e. The number of hydrogen-bond acceptors (Lipinski definition) is 5. The number of benzene rings is 3. The first-order valence-corrected chi connectivity index (χ1v) is 15.4. The fourth-order valence-electron chi connectivity index (χ4n) is 4.94. The number of nitrogens with zero attached hydrogens (tertiary/aromatic N) is 5. The lowest BCUT2D eigenvalue weighted by atomic mass is 10.0. The third-order valence-electron chi connectivity index (χ3n) is 7.13. The second kappa shape index (κ2) is 13.7. The summed E-state index contributed by atoms with van der Waals surface area (Å²) in [5.41, 5.74) is 4.84. The molecule has 2 heterocycles. The van der Waals surface area contributed by atoms with Crippen LogP contribution in [0.15, 0.2) is 78.0 Å². The normalized spacial score (nSPS) is 15.7. The summed E-state index contributed by atoms with van der Waals surface area (Å²) in [6.45, 7) is 6.49. The molecule has 4 aromatic rings. The number of anilines is 1. The highest BCUT2D eigenvalue weighted by molar-refractivity contribution is 8.14. The van der Waals surface area contributed by atoms with Crippen molar-refractivity contribution in [1.29, 1.82) is 0 Å². The lowest BCUT2D eigenvalue weighted by Crippen LogP contribution is -2.35. The summed E-state index contributed by atoms with van der Waals surface area (Å²) in [5.74, 6) is 0.803. The van der Waals surface area contributed by atoms with E-state index in [2.05, 4.69) is 55.2 Å². The Morgan fingerprint density at radius 2 is 1.84 bits per heavy atom. The summed E-state index contributed by atoms with van der Waals surface area (Å²) in [4.78, 5) is 23.5. The van der Waals surface area contributed by atoms with Crippen LogP contribution in [-0.2, 0) is 6.42 Å². The van der Waals surface area contributed by atoms with E-state index in [0.717, 1.165) is 36.4 Å². The molecular formula is C32H32F4N6O2S. The van der Waals surface area contributed by atoms with E-state index in [1.807, 2.05) is 6.92 Å². The summed E-state index contributed by atoms with van der Waals surface area (Å²) in [6, 6.07) is 16.6. The van der Waals surface area contributed by atoms with Crippen molar-refractivity contribution in [2.75, 3.05) is 17.2 Å². The molecule has 0 aliphatic carbocycles. The van der Waals surface area contributed by atoms with Gasteiger partial charge in [-0.05, 0) is 67.3 Å². The van der Waals surface area contributed by atoms with E-state index in [0.29, 0.717) is 27.8 Å². The first kappa shape index (κ1) is 32.0. The van der Waals surface area contributed by atoms with Crippen LogP contribution in [0.3, 0.4) is 0 Å². The van der Waals surface area contributed by atoms with Crippen LogP contribution in [0.1, 0.15) is 43.1 Å². The molecule has 0 bridgehead atoms. The summed E-state index contributed by atoms with van der Waals surface area (Å²) < 4.78 is 58.0. The number of aryl methyl sites for hydroxylation is 2. The smallest absolute Gasteiger partial charge is 0.406 e. The van der Waals surface area contributed by atoms with Crippen molar-refractivity contribution in [2.24, 2.45) is 4.99 Å². The fourth-order valence-corrected chi connectivity index (χ4v) is 5.89. The molecule has 0 radical (unpaired) electrons. The maximum Gasteiger partial charge on any atom is 0.573 e. The molecule has 5 rings (SSSR count). The molecule has 1 aliphatic rings. The molecule has 0 spiro atoms. The summed E-state index contributed by atoms with van der Waals surface area (Å²) in [7, 11) is 0. The Hall–Kier alpha value is -4.39. The zero-order valence-corrected chi connectivity index (χ0v) is 25.7. The minimum atomic E-state index is -4.78. The van der Waals surface area contributed by atoms with Gasteiger partial charge in [-0.15, -0.1) is 18.3 Å². The Morgan fingerprint density at radius 3 is 2.53 bits per heavy atom. The van der Waals surface area contributed by atoms with E-state index in [4.69, 9.17) is 0 Å². The molecular weight excluding hydrogens is 608 g/mol. The van der Waals surface area contributed by atoms with Gasteiger partial charge in [0.05, 0.1) is 11.7 Å². The minimum absolute atomic E-state index is 0.344. The molecule has 1 saturated heterocycles. The van der Waals surface area contributed by atoms with Gasteiger partial charge in [-0.3, -0.25) is 0 Å². The molecule has 45 heavy (non-hydrogen) atoms. The molecule has 13 heteroatoms. The average Bonchev–Trinajstić information content (AvgIpc) is 3.68. The summed E-state index contributed by atoms with van der Waals surface area (Å²) in [5, 5.41) is 7.64. The molecule has 8 nitrogen and oxygen atoms in total. The molecule has 3 aromatic carbocycles. The number of aliphatic imine (C=N–C) groups is 1. The van der Waals surface area contributed by atoms with Crippen LogP contribution in [0.4, 0.5) is 28.0 Å². The summed E-state index contributed by atoms with van der Waals surface area (Å²) in [6.07, 6.45) is -2.92. The van der Waals surface area contributed by atoms with Crippen molar-refractivity contribution in [2.45, 2.75) is 52.2 Å². The highest BCUT2D eigenvalue weighted by Crippen LogP contribution is 2.31. The third-order valence-corrected chi connectivity index (χ3v) is 8.09. The van der Waals surface area contributed by atoms with E-state index >= 15 is 4.39 Å². The Balaban J connectivity index is 1.21. The van der Waals surface area contributed by atoms with Crippen molar-refractivity contribution in [1.82, 2.24) is 20.1 Å². The number of amides is 2. The van der Waals surface area contributed by atoms with Gasteiger partial charge < -0.3 is 15.0 Å². The second-order valence-corrected chi connectivity index (χ2v) is 11.7. The standard InChI is InChI=1S/C32H32F4N6O2S/c1-4-5-22-7-6-20(2)18-27(22)41-16-17-45-31(41)39-30(43)38-21(3)28(33)23-8-10-24(11-9-23)29-37-19-42(40-29)25-12-14-26(15-13-25)44-32(34,35)36/h6-15,18-19,21,28H,4-5,16-17H2,1-3H3,(H,38,43)/b39-31-. The van der Waals surface area contributed by atoms with Crippen molar-refractivity contribution in [3.05, 3.63) is 89.7 Å². The number of halogens is 4.